The highest BCUT2D eigenvalue weighted by molar-refractivity contribution is 7.92. The third kappa shape index (κ3) is 1.48. The summed E-state index contributed by atoms with van der Waals surface area (Å²) in [6.07, 6.45) is 0.0374. The van der Waals surface area contributed by atoms with E-state index in [1.807, 2.05) is 0 Å². The fourth-order valence-electron chi connectivity index (χ4n) is 1.70. The molecule has 2 rings (SSSR count). The van der Waals surface area contributed by atoms with E-state index in [-0.39, 0.29) is 27.7 Å². The molecular weight excluding hydrogens is 236 g/mol. The number of fused-ring (bicyclic) bond motifs is 1. The van der Waals surface area contributed by atoms with Gasteiger partial charge >= 0.3 is 0 Å². The van der Waals surface area contributed by atoms with Crippen molar-refractivity contribution in [3.63, 3.8) is 0 Å². The molecule has 0 fully saturated rings. The SMILES string of the molecule is CC1CC(=O)c2cccc(Cl)c2S1(=O)=O. The molecule has 1 heterocycles. The average Bonchev–Trinajstić information content (AvgIpc) is 2.14. The van der Waals surface area contributed by atoms with Crippen molar-refractivity contribution in [2.45, 2.75) is 23.5 Å². The van der Waals surface area contributed by atoms with Crippen LogP contribution in [0.3, 0.4) is 0 Å². The molecule has 0 amide bonds. The smallest absolute Gasteiger partial charge is 0.183 e. The van der Waals surface area contributed by atoms with Crippen molar-refractivity contribution in [1.82, 2.24) is 0 Å². The highest BCUT2D eigenvalue weighted by atomic mass is 35.5. The number of Topliss-reactive ketones (excluding diaryl/α,β-unsaturated/α-hetero) is 1. The van der Waals surface area contributed by atoms with Crippen LogP contribution in [0.1, 0.15) is 23.7 Å². The number of carbonyl (C=O) groups is 1. The summed E-state index contributed by atoms with van der Waals surface area (Å²) in [4.78, 5) is 11.6. The molecule has 1 atom stereocenters. The van der Waals surface area contributed by atoms with E-state index >= 15 is 0 Å². The number of rotatable bonds is 0. The lowest BCUT2D eigenvalue weighted by molar-refractivity contribution is 0.0976. The minimum absolute atomic E-state index is 0.00424. The van der Waals surface area contributed by atoms with Gasteiger partial charge < -0.3 is 0 Å². The van der Waals surface area contributed by atoms with Crippen molar-refractivity contribution in [3.05, 3.63) is 28.8 Å². The summed E-state index contributed by atoms with van der Waals surface area (Å²) < 4.78 is 23.9. The van der Waals surface area contributed by atoms with Crippen LogP contribution >= 0.6 is 11.6 Å². The Morgan fingerprint density at radius 2 is 2.07 bits per heavy atom. The van der Waals surface area contributed by atoms with Crippen LogP contribution in [0.25, 0.3) is 0 Å². The zero-order valence-electron chi connectivity index (χ0n) is 8.03. The first kappa shape index (κ1) is 10.6. The van der Waals surface area contributed by atoms with E-state index in [4.69, 9.17) is 11.6 Å². The molecule has 0 aromatic heterocycles. The van der Waals surface area contributed by atoms with Gasteiger partial charge in [0.05, 0.1) is 15.2 Å². The van der Waals surface area contributed by atoms with Gasteiger partial charge in [0.15, 0.2) is 15.6 Å². The van der Waals surface area contributed by atoms with E-state index in [0.29, 0.717) is 0 Å². The third-order valence-corrected chi connectivity index (χ3v) is 5.22. The molecule has 1 unspecified atom stereocenters. The molecule has 15 heavy (non-hydrogen) atoms. The van der Waals surface area contributed by atoms with Crippen molar-refractivity contribution >= 4 is 27.2 Å². The summed E-state index contributed by atoms with van der Waals surface area (Å²) in [5, 5.41) is -0.551. The second-order valence-electron chi connectivity index (χ2n) is 3.60. The molecule has 0 N–H and O–H groups in total. The van der Waals surface area contributed by atoms with Crippen LogP contribution in [0.5, 0.6) is 0 Å². The summed E-state index contributed by atoms with van der Waals surface area (Å²) in [7, 11) is -3.44. The summed E-state index contributed by atoms with van der Waals surface area (Å²) in [6, 6.07) is 4.58. The van der Waals surface area contributed by atoms with Crippen molar-refractivity contribution in [2.75, 3.05) is 0 Å². The van der Waals surface area contributed by atoms with Crippen LogP contribution in [0, 0.1) is 0 Å². The monoisotopic (exact) mass is 244 g/mol. The summed E-state index contributed by atoms with van der Waals surface area (Å²) in [5.74, 6) is -0.158. The molecule has 1 aliphatic heterocycles. The Morgan fingerprint density at radius 1 is 1.40 bits per heavy atom. The second-order valence-corrected chi connectivity index (χ2v) is 6.31. The van der Waals surface area contributed by atoms with Gasteiger partial charge in [0.25, 0.3) is 0 Å². The predicted molar refractivity (Wildman–Crippen MR) is 57.0 cm³/mol. The maximum atomic E-state index is 11.9. The molecular formula is C10H9ClO3S. The Morgan fingerprint density at radius 3 is 2.73 bits per heavy atom. The highest BCUT2D eigenvalue weighted by Crippen LogP contribution is 2.34. The molecule has 3 nitrogen and oxygen atoms in total. The first-order chi connectivity index (χ1) is 6.94. The number of ketones is 1. The first-order valence-electron chi connectivity index (χ1n) is 4.50. The fraction of sp³-hybridized carbons (Fsp3) is 0.300. The van der Waals surface area contributed by atoms with Gasteiger partial charge in [-0.1, -0.05) is 17.7 Å². The zero-order valence-corrected chi connectivity index (χ0v) is 9.60. The standard InChI is InChI=1S/C10H9ClO3S/c1-6-5-9(12)7-3-2-4-8(11)10(7)15(6,13)14/h2-4,6H,5H2,1H3. The van der Waals surface area contributed by atoms with Crippen molar-refractivity contribution in [3.8, 4) is 0 Å². The quantitative estimate of drug-likeness (QED) is 0.702. The summed E-state index contributed by atoms with van der Waals surface area (Å²) >= 11 is 5.83. The van der Waals surface area contributed by atoms with Crippen LogP contribution in [-0.2, 0) is 9.84 Å². The Bertz CT molecular complexity index is 534. The number of hydrogen-bond donors (Lipinski definition) is 0. The molecule has 5 heteroatoms. The van der Waals surface area contributed by atoms with Gasteiger partial charge in [-0.3, -0.25) is 4.79 Å². The molecule has 0 radical (unpaired) electrons. The van der Waals surface area contributed by atoms with Gasteiger partial charge in [-0.25, -0.2) is 8.42 Å². The van der Waals surface area contributed by atoms with Gasteiger partial charge in [-0.15, -0.1) is 0 Å². The van der Waals surface area contributed by atoms with Crippen molar-refractivity contribution in [1.29, 1.82) is 0 Å². The van der Waals surface area contributed by atoms with Crippen molar-refractivity contribution < 1.29 is 13.2 Å². The first-order valence-corrected chi connectivity index (χ1v) is 6.42. The Balaban J connectivity index is 2.84. The van der Waals surface area contributed by atoms with Crippen LogP contribution in [0.15, 0.2) is 23.1 Å². The molecule has 1 aliphatic rings. The topological polar surface area (TPSA) is 51.2 Å². The van der Waals surface area contributed by atoms with Gasteiger partial charge in [0.1, 0.15) is 0 Å². The molecule has 1 aromatic carbocycles. The Kier molecular flexibility index (Phi) is 2.35. The molecule has 1 aromatic rings. The zero-order chi connectivity index (χ0) is 11.2. The molecule has 0 saturated carbocycles. The molecule has 0 bridgehead atoms. The van der Waals surface area contributed by atoms with E-state index in [1.165, 1.54) is 19.1 Å². The Labute approximate surface area is 93.0 Å². The van der Waals surface area contributed by atoms with Crippen LogP contribution in [-0.4, -0.2) is 19.5 Å². The van der Waals surface area contributed by atoms with E-state index in [2.05, 4.69) is 0 Å². The lowest BCUT2D eigenvalue weighted by atomic mass is 10.1. The Hall–Kier alpha value is -0.870. The van der Waals surface area contributed by atoms with E-state index in [9.17, 15) is 13.2 Å². The van der Waals surface area contributed by atoms with Crippen LogP contribution in [0.4, 0.5) is 0 Å². The van der Waals surface area contributed by atoms with E-state index in [1.54, 1.807) is 6.07 Å². The maximum Gasteiger partial charge on any atom is 0.183 e. The lowest BCUT2D eigenvalue weighted by Gasteiger charge is -2.21. The maximum absolute atomic E-state index is 11.9. The normalized spacial score (nSPS) is 23.6. The molecule has 0 aliphatic carbocycles. The van der Waals surface area contributed by atoms with Gasteiger partial charge in [0.2, 0.25) is 0 Å². The largest absolute Gasteiger partial charge is 0.294 e. The molecule has 0 spiro atoms. The van der Waals surface area contributed by atoms with E-state index in [0.717, 1.165) is 0 Å². The number of sulfone groups is 1. The van der Waals surface area contributed by atoms with Crippen LogP contribution < -0.4 is 0 Å². The minimum Gasteiger partial charge on any atom is -0.294 e. The minimum atomic E-state index is -3.44. The number of halogens is 1. The number of benzene rings is 1. The lowest BCUT2D eigenvalue weighted by Crippen LogP contribution is -2.29. The third-order valence-electron chi connectivity index (χ3n) is 2.55. The second kappa shape index (κ2) is 3.32. The van der Waals surface area contributed by atoms with Gasteiger partial charge in [0, 0.05) is 12.0 Å². The van der Waals surface area contributed by atoms with Crippen molar-refractivity contribution in [2.24, 2.45) is 0 Å². The van der Waals surface area contributed by atoms with Gasteiger partial charge in [-0.05, 0) is 19.1 Å². The van der Waals surface area contributed by atoms with E-state index < -0.39 is 15.1 Å². The fourth-order valence-corrected chi connectivity index (χ4v) is 3.80. The highest BCUT2D eigenvalue weighted by Gasteiger charge is 2.36. The number of hydrogen-bond acceptors (Lipinski definition) is 3. The molecule has 0 saturated heterocycles. The molecule has 80 valence electrons. The average molecular weight is 245 g/mol. The number of carbonyl (C=O) groups excluding carboxylic acids is 1. The summed E-state index contributed by atoms with van der Waals surface area (Å²) in [6.45, 7) is 1.53. The van der Waals surface area contributed by atoms with Crippen LogP contribution in [0.2, 0.25) is 5.02 Å². The summed E-state index contributed by atoms with van der Waals surface area (Å²) in [5.41, 5.74) is 0.223. The van der Waals surface area contributed by atoms with Gasteiger partial charge in [-0.2, -0.15) is 0 Å². The predicted octanol–water partition coefficient (Wildman–Crippen LogP) is 2.09.